The van der Waals surface area contributed by atoms with Crippen molar-refractivity contribution in [3.8, 4) is 0 Å². The molecule has 0 saturated carbocycles. The quantitative estimate of drug-likeness (QED) is 0.123. The van der Waals surface area contributed by atoms with E-state index in [1.807, 2.05) is 12.2 Å². The smallest absolute Gasteiger partial charge is 0.108 e. The summed E-state index contributed by atoms with van der Waals surface area (Å²) in [6, 6.07) is 0. The molecule has 0 saturated heterocycles. The molecule has 0 heterocycles. The predicted molar refractivity (Wildman–Crippen MR) is 140 cm³/mol. The maximum absolute atomic E-state index is 6.16. The number of allylic oxidation sites excluding steroid dienone is 3. The van der Waals surface area contributed by atoms with Gasteiger partial charge in [-0.1, -0.05) is 154 Å². The van der Waals surface area contributed by atoms with Crippen molar-refractivity contribution in [2.24, 2.45) is 0 Å². The molecule has 1 aliphatic carbocycles. The normalized spacial score (nSPS) is 18.2. The summed E-state index contributed by atoms with van der Waals surface area (Å²) < 4.78 is 6.16. The van der Waals surface area contributed by atoms with E-state index in [-0.39, 0.29) is 5.60 Å². The molecule has 1 heteroatoms. The highest BCUT2D eigenvalue weighted by molar-refractivity contribution is 5.37. The first-order valence-corrected chi connectivity index (χ1v) is 13.6. The molecule has 0 amide bonds. The first kappa shape index (κ1) is 28.0. The van der Waals surface area contributed by atoms with Crippen molar-refractivity contribution in [2.75, 3.05) is 6.61 Å². The van der Waals surface area contributed by atoms with E-state index < -0.39 is 0 Å². The van der Waals surface area contributed by atoms with Gasteiger partial charge in [-0.3, -0.25) is 0 Å². The van der Waals surface area contributed by atoms with Crippen LogP contribution in [0.2, 0.25) is 0 Å². The van der Waals surface area contributed by atoms with E-state index in [4.69, 9.17) is 4.74 Å². The van der Waals surface area contributed by atoms with Gasteiger partial charge in [0.05, 0.1) is 0 Å². The topological polar surface area (TPSA) is 9.23 Å². The van der Waals surface area contributed by atoms with Gasteiger partial charge in [0.2, 0.25) is 0 Å². The molecule has 0 bridgehead atoms. The van der Waals surface area contributed by atoms with Gasteiger partial charge in [0.15, 0.2) is 0 Å². The van der Waals surface area contributed by atoms with Gasteiger partial charge in [-0.15, -0.1) is 0 Å². The summed E-state index contributed by atoms with van der Waals surface area (Å²) in [5.74, 6) is 0. The summed E-state index contributed by atoms with van der Waals surface area (Å²) in [6.45, 7) is 10.9. The maximum atomic E-state index is 6.16. The summed E-state index contributed by atoms with van der Waals surface area (Å²) >= 11 is 0. The number of ether oxygens (including phenoxy) is 1. The van der Waals surface area contributed by atoms with Gasteiger partial charge in [-0.25, -0.2) is 0 Å². The zero-order valence-corrected chi connectivity index (χ0v) is 20.9. The van der Waals surface area contributed by atoms with Gasteiger partial charge < -0.3 is 4.74 Å². The van der Waals surface area contributed by atoms with Crippen LogP contribution < -0.4 is 0 Å². The second-order valence-electron chi connectivity index (χ2n) is 9.46. The Balaban J connectivity index is 1.81. The van der Waals surface area contributed by atoms with Crippen molar-refractivity contribution in [3.05, 3.63) is 49.1 Å². The Morgan fingerprint density at radius 3 is 1.55 bits per heavy atom. The lowest BCUT2D eigenvalue weighted by Gasteiger charge is -2.29. The second-order valence-corrected chi connectivity index (χ2v) is 9.46. The van der Waals surface area contributed by atoms with Gasteiger partial charge in [-0.2, -0.15) is 0 Å². The van der Waals surface area contributed by atoms with Crippen molar-refractivity contribution >= 4 is 0 Å². The van der Waals surface area contributed by atoms with Crippen LogP contribution in [0.5, 0.6) is 0 Å². The second kappa shape index (κ2) is 19.6. The summed E-state index contributed by atoms with van der Waals surface area (Å²) in [5.41, 5.74) is 0.871. The number of hydrogen-bond acceptors (Lipinski definition) is 1. The fourth-order valence-corrected chi connectivity index (χ4v) is 4.39. The third kappa shape index (κ3) is 14.6. The molecular formula is C30H52O. The van der Waals surface area contributed by atoms with Gasteiger partial charge in [-0.05, 0) is 18.1 Å². The highest BCUT2D eigenvalue weighted by atomic mass is 16.5. The molecular weight excluding hydrogens is 376 g/mol. The Bertz CT molecular complexity index is 501. The minimum absolute atomic E-state index is 0.304. The van der Waals surface area contributed by atoms with Gasteiger partial charge in [0.25, 0.3) is 0 Å². The molecule has 178 valence electrons. The monoisotopic (exact) mass is 428 g/mol. The molecule has 1 nitrogen and oxygen atoms in total. The standard InChI is InChI=1S/C30H52O/c1-4-7-8-9-10-11-12-13-14-15-16-17-18-19-20-21-22-23-28-31-30(6-3)26-24-29(5-2)25-27-30/h5-6,24-26H,2-4,7-23,27-28H2,1H3. The van der Waals surface area contributed by atoms with Gasteiger partial charge in [0.1, 0.15) is 5.60 Å². The third-order valence-corrected chi connectivity index (χ3v) is 6.66. The summed E-state index contributed by atoms with van der Waals surface area (Å²) in [4.78, 5) is 0. The van der Waals surface area contributed by atoms with Crippen molar-refractivity contribution in [2.45, 2.75) is 135 Å². The van der Waals surface area contributed by atoms with Crippen molar-refractivity contribution < 1.29 is 4.74 Å². The molecule has 0 radical (unpaired) electrons. The van der Waals surface area contributed by atoms with Crippen LogP contribution in [0, 0.1) is 0 Å². The van der Waals surface area contributed by atoms with Gasteiger partial charge >= 0.3 is 0 Å². The maximum Gasteiger partial charge on any atom is 0.108 e. The van der Waals surface area contributed by atoms with Crippen LogP contribution in [0.15, 0.2) is 49.1 Å². The molecule has 1 atom stereocenters. The lowest BCUT2D eigenvalue weighted by molar-refractivity contribution is 0.0266. The van der Waals surface area contributed by atoms with E-state index >= 15 is 0 Å². The fraction of sp³-hybridized carbons (Fsp3) is 0.733. The Kier molecular flexibility index (Phi) is 17.7. The Morgan fingerprint density at radius 2 is 1.19 bits per heavy atom. The minimum Gasteiger partial charge on any atom is -0.366 e. The van der Waals surface area contributed by atoms with E-state index in [0.717, 1.165) is 19.4 Å². The van der Waals surface area contributed by atoms with Crippen LogP contribution in [-0.2, 0) is 4.74 Å². The van der Waals surface area contributed by atoms with Crippen LogP contribution in [0.3, 0.4) is 0 Å². The molecule has 0 aromatic heterocycles. The first-order valence-electron chi connectivity index (χ1n) is 13.6. The van der Waals surface area contributed by atoms with Gasteiger partial charge in [0, 0.05) is 13.0 Å². The first-order chi connectivity index (χ1) is 15.3. The summed E-state index contributed by atoms with van der Waals surface area (Å²) in [7, 11) is 0. The molecule has 0 spiro atoms. The average Bonchev–Trinajstić information content (AvgIpc) is 2.81. The van der Waals surface area contributed by atoms with Crippen LogP contribution in [-0.4, -0.2) is 12.2 Å². The largest absolute Gasteiger partial charge is 0.366 e. The molecule has 0 fully saturated rings. The van der Waals surface area contributed by atoms with E-state index in [2.05, 4.69) is 38.3 Å². The van der Waals surface area contributed by atoms with Crippen molar-refractivity contribution in [3.63, 3.8) is 0 Å². The predicted octanol–water partition coefficient (Wildman–Crippen LogP) is 10.0. The van der Waals surface area contributed by atoms with E-state index in [1.165, 1.54) is 115 Å². The van der Waals surface area contributed by atoms with Crippen molar-refractivity contribution in [1.29, 1.82) is 0 Å². The SMILES string of the molecule is C=CC1=CCC(C=C)(OCCCCCCCCCCCCCCCCCCCC)C=C1. The highest BCUT2D eigenvalue weighted by Crippen LogP contribution is 2.27. The number of unbranched alkanes of at least 4 members (excludes halogenated alkanes) is 17. The van der Waals surface area contributed by atoms with Crippen LogP contribution >= 0.6 is 0 Å². The summed E-state index contributed by atoms with van der Waals surface area (Å²) in [5, 5.41) is 0. The highest BCUT2D eigenvalue weighted by Gasteiger charge is 2.24. The Hall–Kier alpha value is -1.08. The van der Waals surface area contributed by atoms with Crippen LogP contribution in [0.1, 0.15) is 129 Å². The average molecular weight is 429 g/mol. The lowest BCUT2D eigenvalue weighted by Crippen LogP contribution is -2.28. The Morgan fingerprint density at radius 1 is 0.742 bits per heavy atom. The minimum atomic E-state index is -0.304. The molecule has 1 rings (SSSR count). The summed E-state index contributed by atoms with van der Waals surface area (Å²) in [6.07, 6.45) is 36.5. The molecule has 0 N–H and O–H groups in total. The number of hydrogen-bond donors (Lipinski definition) is 0. The van der Waals surface area contributed by atoms with E-state index in [9.17, 15) is 0 Å². The number of rotatable bonds is 22. The molecule has 1 unspecified atom stereocenters. The Labute approximate surface area is 195 Å². The molecule has 31 heavy (non-hydrogen) atoms. The molecule has 1 aliphatic rings. The van der Waals surface area contributed by atoms with Crippen LogP contribution in [0.25, 0.3) is 0 Å². The fourth-order valence-electron chi connectivity index (χ4n) is 4.39. The zero-order valence-electron chi connectivity index (χ0n) is 20.9. The van der Waals surface area contributed by atoms with E-state index in [0.29, 0.717) is 0 Å². The lowest BCUT2D eigenvalue weighted by atomic mass is 9.92. The molecule has 0 aromatic rings. The van der Waals surface area contributed by atoms with E-state index in [1.54, 1.807) is 0 Å². The molecule has 0 aliphatic heterocycles. The zero-order chi connectivity index (χ0) is 22.5. The third-order valence-electron chi connectivity index (χ3n) is 6.66. The van der Waals surface area contributed by atoms with Crippen molar-refractivity contribution in [1.82, 2.24) is 0 Å². The molecule has 0 aromatic carbocycles. The van der Waals surface area contributed by atoms with Crippen LogP contribution in [0.4, 0.5) is 0 Å².